The number of aliphatic hydroxyl groups excluding tert-OH is 1. The van der Waals surface area contributed by atoms with Crippen molar-refractivity contribution >= 4 is 0 Å². The van der Waals surface area contributed by atoms with Crippen LogP contribution in [0, 0.1) is 5.92 Å². The summed E-state index contributed by atoms with van der Waals surface area (Å²) >= 11 is 0. The fourth-order valence-electron chi connectivity index (χ4n) is 4.05. The van der Waals surface area contributed by atoms with E-state index in [9.17, 15) is 5.11 Å². The Balaban J connectivity index is 1.82. The number of rotatable bonds is 2. The highest BCUT2D eigenvalue weighted by molar-refractivity contribution is 4.76. The molecular weight excluding hydrogens is 260 g/mol. The van der Waals surface area contributed by atoms with E-state index < -0.39 is 0 Å². The smallest absolute Gasteiger partial charge is 0.0837 e. The first-order valence-electron chi connectivity index (χ1n) is 9.59. The van der Waals surface area contributed by atoms with E-state index in [0.29, 0.717) is 6.10 Å². The summed E-state index contributed by atoms with van der Waals surface area (Å²) in [6.45, 7) is 2.34. The lowest BCUT2D eigenvalue weighted by atomic mass is 9.88. The van der Waals surface area contributed by atoms with E-state index in [0.717, 1.165) is 18.8 Å². The van der Waals surface area contributed by atoms with Crippen LogP contribution in [0.3, 0.4) is 0 Å². The molecule has 0 aliphatic heterocycles. The van der Waals surface area contributed by atoms with Crippen LogP contribution in [0.25, 0.3) is 0 Å². The predicted molar refractivity (Wildman–Crippen MR) is 88.5 cm³/mol. The van der Waals surface area contributed by atoms with Crippen LogP contribution >= 0.6 is 0 Å². The number of hydrogen-bond donors (Lipinski definition) is 1. The maximum Gasteiger partial charge on any atom is 0.0837 e. The van der Waals surface area contributed by atoms with Gasteiger partial charge in [-0.1, -0.05) is 71.1 Å². The van der Waals surface area contributed by atoms with Crippen LogP contribution in [0.5, 0.6) is 0 Å². The molecule has 4 atom stereocenters. The largest absolute Gasteiger partial charge is 0.390 e. The minimum absolute atomic E-state index is 0.0970. The monoisotopic (exact) mass is 296 g/mol. The Bertz CT molecular complexity index is 266. The predicted octanol–water partition coefficient (Wildman–Crippen LogP) is 5.23. The molecule has 4 unspecified atom stereocenters. The van der Waals surface area contributed by atoms with Gasteiger partial charge in [-0.05, 0) is 31.6 Å². The molecule has 2 heteroatoms. The molecule has 0 saturated heterocycles. The van der Waals surface area contributed by atoms with Crippen LogP contribution in [0.15, 0.2) is 0 Å². The first kappa shape index (κ1) is 17.3. The number of aliphatic hydroxyl groups is 1. The van der Waals surface area contributed by atoms with Gasteiger partial charge in [0.2, 0.25) is 0 Å². The van der Waals surface area contributed by atoms with Gasteiger partial charge < -0.3 is 9.84 Å². The third-order valence-corrected chi connectivity index (χ3v) is 5.42. The molecular formula is C19H36O2. The maximum atomic E-state index is 10.5. The van der Waals surface area contributed by atoms with E-state index in [2.05, 4.69) is 6.92 Å². The standard InChI is InChI=1S/C19H36O2/c1-16-11-10-12-17(15-16)21-19-14-9-7-5-3-2-4-6-8-13-18(19)20/h16-20H,2-15H2,1H3. The molecule has 0 heterocycles. The molecule has 21 heavy (non-hydrogen) atoms. The lowest BCUT2D eigenvalue weighted by Gasteiger charge is -2.33. The highest BCUT2D eigenvalue weighted by Gasteiger charge is 2.26. The summed E-state index contributed by atoms with van der Waals surface area (Å²) in [7, 11) is 0. The molecule has 2 saturated carbocycles. The van der Waals surface area contributed by atoms with E-state index in [4.69, 9.17) is 4.74 Å². The van der Waals surface area contributed by atoms with Crippen molar-refractivity contribution in [3.05, 3.63) is 0 Å². The van der Waals surface area contributed by atoms with Crippen molar-refractivity contribution in [1.29, 1.82) is 0 Å². The Labute approximate surface area is 131 Å². The van der Waals surface area contributed by atoms with Gasteiger partial charge in [-0.25, -0.2) is 0 Å². The topological polar surface area (TPSA) is 29.5 Å². The summed E-state index contributed by atoms with van der Waals surface area (Å²) in [5.74, 6) is 0.798. The molecule has 2 aliphatic rings. The molecule has 0 spiro atoms. The van der Waals surface area contributed by atoms with Gasteiger partial charge in [-0.15, -0.1) is 0 Å². The second-order valence-electron chi connectivity index (χ2n) is 7.54. The summed E-state index contributed by atoms with van der Waals surface area (Å²) < 4.78 is 6.37. The van der Waals surface area contributed by atoms with E-state index >= 15 is 0 Å². The fourth-order valence-corrected chi connectivity index (χ4v) is 4.05. The second kappa shape index (κ2) is 9.84. The zero-order chi connectivity index (χ0) is 14.9. The van der Waals surface area contributed by atoms with Crippen molar-refractivity contribution in [1.82, 2.24) is 0 Å². The lowest BCUT2D eigenvalue weighted by Crippen LogP contribution is -2.35. The van der Waals surface area contributed by atoms with Gasteiger partial charge in [0.15, 0.2) is 0 Å². The Morgan fingerprint density at radius 3 is 2.00 bits per heavy atom. The molecule has 124 valence electrons. The first-order valence-corrected chi connectivity index (χ1v) is 9.59. The molecule has 0 bridgehead atoms. The third kappa shape index (κ3) is 6.69. The van der Waals surface area contributed by atoms with Crippen molar-refractivity contribution in [2.24, 2.45) is 5.92 Å². The fraction of sp³-hybridized carbons (Fsp3) is 1.00. The van der Waals surface area contributed by atoms with Gasteiger partial charge >= 0.3 is 0 Å². The quantitative estimate of drug-likeness (QED) is 0.756. The van der Waals surface area contributed by atoms with Gasteiger partial charge in [0.1, 0.15) is 0 Å². The van der Waals surface area contributed by atoms with Crippen LogP contribution in [0.4, 0.5) is 0 Å². The summed E-state index contributed by atoms with van der Waals surface area (Å²) in [5, 5.41) is 10.5. The molecule has 0 amide bonds. The number of ether oxygens (including phenoxy) is 1. The van der Waals surface area contributed by atoms with Crippen molar-refractivity contribution in [3.63, 3.8) is 0 Å². The van der Waals surface area contributed by atoms with Crippen LogP contribution in [-0.4, -0.2) is 23.4 Å². The van der Waals surface area contributed by atoms with E-state index in [1.165, 1.54) is 77.0 Å². The summed E-state index contributed by atoms with van der Waals surface area (Å²) in [6, 6.07) is 0. The highest BCUT2D eigenvalue weighted by Crippen LogP contribution is 2.29. The van der Waals surface area contributed by atoms with E-state index in [1.54, 1.807) is 0 Å². The molecule has 0 aromatic carbocycles. The van der Waals surface area contributed by atoms with Crippen LogP contribution in [-0.2, 0) is 4.74 Å². The summed E-state index contributed by atoms with van der Waals surface area (Å²) in [4.78, 5) is 0. The molecule has 0 aromatic rings. The molecule has 1 N–H and O–H groups in total. The Hall–Kier alpha value is -0.0800. The van der Waals surface area contributed by atoms with Crippen LogP contribution in [0.2, 0.25) is 0 Å². The van der Waals surface area contributed by atoms with E-state index in [1.807, 2.05) is 0 Å². The minimum Gasteiger partial charge on any atom is -0.390 e. The highest BCUT2D eigenvalue weighted by atomic mass is 16.5. The zero-order valence-electron chi connectivity index (χ0n) is 14.1. The Morgan fingerprint density at radius 1 is 0.714 bits per heavy atom. The van der Waals surface area contributed by atoms with Crippen LogP contribution < -0.4 is 0 Å². The van der Waals surface area contributed by atoms with Gasteiger partial charge in [0.25, 0.3) is 0 Å². The van der Waals surface area contributed by atoms with Gasteiger partial charge in [0.05, 0.1) is 18.3 Å². The molecule has 2 fully saturated rings. The normalized spacial score (nSPS) is 37.4. The molecule has 0 aromatic heterocycles. The Morgan fingerprint density at radius 2 is 1.33 bits per heavy atom. The van der Waals surface area contributed by atoms with Gasteiger partial charge in [-0.3, -0.25) is 0 Å². The molecule has 2 rings (SSSR count). The average Bonchev–Trinajstić information content (AvgIpc) is 2.46. The van der Waals surface area contributed by atoms with Gasteiger partial charge in [0, 0.05) is 0 Å². The average molecular weight is 296 g/mol. The number of hydrogen-bond acceptors (Lipinski definition) is 2. The van der Waals surface area contributed by atoms with Crippen molar-refractivity contribution in [2.45, 2.75) is 115 Å². The summed E-state index contributed by atoms with van der Waals surface area (Å²) in [6.07, 6.45) is 17.8. The molecule has 2 aliphatic carbocycles. The van der Waals surface area contributed by atoms with E-state index in [-0.39, 0.29) is 12.2 Å². The minimum atomic E-state index is -0.235. The maximum absolute atomic E-state index is 10.5. The first-order chi connectivity index (χ1) is 10.3. The zero-order valence-corrected chi connectivity index (χ0v) is 14.1. The van der Waals surface area contributed by atoms with Crippen LogP contribution in [0.1, 0.15) is 96.8 Å². The van der Waals surface area contributed by atoms with Gasteiger partial charge in [-0.2, -0.15) is 0 Å². The van der Waals surface area contributed by atoms with Crippen molar-refractivity contribution in [3.8, 4) is 0 Å². The Kier molecular flexibility index (Phi) is 8.10. The second-order valence-corrected chi connectivity index (χ2v) is 7.54. The van der Waals surface area contributed by atoms with Crippen molar-refractivity contribution < 1.29 is 9.84 Å². The summed E-state index contributed by atoms with van der Waals surface area (Å²) in [5.41, 5.74) is 0. The molecule has 0 radical (unpaired) electrons. The molecule has 2 nitrogen and oxygen atoms in total. The third-order valence-electron chi connectivity index (χ3n) is 5.42. The lowest BCUT2D eigenvalue weighted by molar-refractivity contribution is -0.0984. The SMILES string of the molecule is CC1CCCC(OC2CCCCCCCCCCC2O)C1. The van der Waals surface area contributed by atoms with Crippen molar-refractivity contribution in [2.75, 3.05) is 0 Å².